The molecule has 0 aromatic heterocycles. The van der Waals surface area contributed by atoms with Crippen molar-refractivity contribution in [1.29, 1.82) is 0 Å². The Hall–Kier alpha value is -0.860. The molecule has 2 fully saturated rings. The normalized spacial score (nSPS) is 34.7. The number of ether oxygens (including phenoxy) is 1. The maximum atomic E-state index is 6.02. The Balaban J connectivity index is 1.60. The Labute approximate surface area is 128 Å². The van der Waals surface area contributed by atoms with Crippen LogP contribution in [0.4, 0.5) is 0 Å². The van der Waals surface area contributed by atoms with Crippen LogP contribution in [-0.2, 0) is 11.2 Å². The van der Waals surface area contributed by atoms with E-state index in [-0.39, 0.29) is 0 Å². The molecule has 1 heterocycles. The lowest BCUT2D eigenvalue weighted by Crippen LogP contribution is -2.46. The van der Waals surface area contributed by atoms with Gasteiger partial charge in [0.15, 0.2) is 0 Å². The van der Waals surface area contributed by atoms with Gasteiger partial charge in [-0.1, -0.05) is 38.1 Å². The second-order valence-corrected chi connectivity index (χ2v) is 7.86. The van der Waals surface area contributed by atoms with Gasteiger partial charge in [0.1, 0.15) is 0 Å². The lowest BCUT2D eigenvalue weighted by atomic mass is 9.70. The van der Waals surface area contributed by atoms with E-state index in [0.29, 0.717) is 23.6 Å². The SMILES string of the molecule is CC1(C)CCc2ccccc2C1NC1CCOC1C1CC1. The maximum Gasteiger partial charge on any atom is 0.0757 e. The zero-order valence-electron chi connectivity index (χ0n) is 13.3. The summed E-state index contributed by atoms with van der Waals surface area (Å²) in [5, 5.41) is 4.01. The third kappa shape index (κ3) is 2.53. The zero-order valence-corrected chi connectivity index (χ0v) is 13.3. The summed E-state index contributed by atoms with van der Waals surface area (Å²) in [7, 11) is 0. The molecule has 21 heavy (non-hydrogen) atoms. The van der Waals surface area contributed by atoms with Gasteiger partial charge in [0.25, 0.3) is 0 Å². The largest absolute Gasteiger partial charge is 0.376 e. The molecule has 1 aromatic carbocycles. The van der Waals surface area contributed by atoms with Gasteiger partial charge in [-0.3, -0.25) is 0 Å². The monoisotopic (exact) mass is 285 g/mol. The maximum absolute atomic E-state index is 6.02. The van der Waals surface area contributed by atoms with Crippen LogP contribution in [0, 0.1) is 11.3 Å². The van der Waals surface area contributed by atoms with Crippen molar-refractivity contribution in [2.45, 2.75) is 64.1 Å². The average Bonchev–Trinajstić information content (AvgIpc) is 3.21. The van der Waals surface area contributed by atoms with Crippen molar-refractivity contribution in [3.8, 4) is 0 Å². The van der Waals surface area contributed by atoms with Crippen LogP contribution in [0.1, 0.15) is 56.7 Å². The molecule has 1 aliphatic heterocycles. The van der Waals surface area contributed by atoms with E-state index in [1.54, 1.807) is 0 Å². The third-order valence-electron chi connectivity index (χ3n) is 5.79. The second-order valence-electron chi connectivity index (χ2n) is 7.86. The van der Waals surface area contributed by atoms with Crippen LogP contribution in [0.15, 0.2) is 24.3 Å². The van der Waals surface area contributed by atoms with Crippen LogP contribution in [0.25, 0.3) is 0 Å². The first-order chi connectivity index (χ1) is 10.1. The summed E-state index contributed by atoms with van der Waals surface area (Å²) in [5.41, 5.74) is 3.39. The molecule has 0 radical (unpaired) electrons. The second kappa shape index (κ2) is 5.10. The van der Waals surface area contributed by atoms with Crippen molar-refractivity contribution < 1.29 is 4.74 Å². The van der Waals surface area contributed by atoms with Crippen molar-refractivity contribution in [2.24, 2.45) is 11.3 Å². The minimum Gasteiger partial charge on any atom is -0.376 e. The molecule has 0 spiro atoms. The standard InChI is InChI=1S/C19H27NO/c1-19(2)11-9-13-5-3-4-6-15(13)18(19)20-16-10-12-21-17(16)14-7-8-14/h3-6,14,16-18,20H,7-12H2,1-2H3. The fraction of sp³-hybridized carbons (Fsp3) is 0.684. The van der Waals surface area contributed by atoms with E-state index in [4.69, 9.17) is 4.74 Å². The highest BCUT2D eigenvalue weighted by Crippen LogP contribution is 2.45. The van der Waals surface area contributed by atoms with E-state index in [0.717, 1.165) is 12.5 Å². The topological polar surface area (TPSA) is 21.3 Å². The summed E-state index contributed by atoms with van der Waals surface area (Å²) in [6.07, 6.45) is 6.87. The Bertz CT molecular complexity index is 520. The molecule has 2 aliphatic carbocycles. The van der Waals surface area contributed by atoms with Gasteiger partial charge < -0.3 is 10.1 Å². The molecule has 114 valence electrons. The first-order valence-electron chi connectivity index (χ1n) is 8.60. The summed E-state index contributed by atoms with van der Waals surface area (Å²) in [5.74, 6) is 0.826. The van der Waals surface area contributed by atoms with E-state index < -0.39 is 0 Å². The van der Waals surface area contributed by atoms with Crippen LogP contribution in [0.3, 0.4) is 0 Å². The van der Waals surface area contributed by atoms with Gasteiger partial charge >= 0.3 is 0 Å². The summed E-state index contributed by atoms with van der Waals surface area (Å²) in [6.45, 7) is 5.78. The van der Waals surface area contributed by atoms with E-state index >= 15 is 0 Å². The Kier molecular flexibility index (Phi) is 3.35. The minimum atomic E-state index is 0.324. The van der Waals surface area contributed by atoms with E-state index in [1.165, 1.54) is 43.2 Å². The van der Waals surface area contributed by atoms with E-state index in [1.807, 2.05) is 0 Å². The van der Waals surface area contributed by atoms with Gasteiger partial charge in [0.05, 0.1) is 6.10 Å². The molecule has 2 heteroatoms. The molecule has 0 bridgehead atoms. The quantitative estimate of drug-likeness (QED) is 0.910. The molecule has 1 aromatic rings. The predicted octanol–water partition coefficient (Wildman–Crippen LogP) is 3.86. The molecule has 1 saturated heterocycles. The lowest BCUT2D eigenvalue weighted by molar-refractivity contribution is 0.0714. The summed E-state index contributed by atoms with van der Waals surface area (Å²) in [6, 6.07) is 10.0. The highest BCUT2D eigenvalue weighted by molar-refractivity contribution is 5.34. The molecule has 2 nitrogen and oxygen atoms in total. The zero-order chi connectivity index (χ0) is 14.4. The van der Waals surface area contributed by atoms with Crippen LogP contribution in [0.2, 0.25) is 0 Å². The number of nitrogens with one attached hydrogen (secondary N) is 1. The predicted molar refractivity (Wildman–Crippen MR) is 85.3 cm³/mol. The summed E-state index contributed by atoms with van der Waals surface area (Å²) >= 11 is 0. The summed E-state index contributed by atoms with van der Waals surface area (Å²) < 4.78 is 6.02. The highest BCUT2D eigenvalue weighted by Gasteiger charge is 2.44. The first-order valence-corrected chi connectivity index (χ1v) is 8.60. The fourth-order valence-corrected chi connectivity index (χ4v) is 4.27. The number of aryl methyl sites for hydroxylation is 1. The number of hydrogen-bond donors (Lipinski definition) is 1. The average molecular weight is 285 g/mol. The molecule has 1 saturated carbocycles. The van der Waals surface area contributed by atoms with E-state index in [9.17, 15) is 0 Å². The molecule has 1 N–H and O–H groups in total. The molecular formula is C19H27NO. The first kappa shape index (κ1) is 13.8. The van der Waals surface area contributed by atoms with Gasteiger partial charge in [-0.25, -0.2) is 0 Å². The van der Waals surface area contributed by atoms with Crippen LogP contribution in [-0.4, -0.2) is 18.8 Å². The van der Waals surface area contributed by atoms with Crippen LogP contribution >= 0.6 is 0 Å². The Morgan fingerprint density at radius 3 is 2.76 bits per heavy atom. The number of benzene rings is 1. The van der Waals surface area contributed by atoms with Crippen molar-refractivity contribution in [3.05, 3.63) is 35.4 Å². The minimum absolute atomic E-state index is 0.324. The van der Waals surface area contributed by atoms with Crippen LogP contribution in [0.5, 0.6) is 0 Å². The van der Waals surface area contributed by atoms with Crippen molar-refractivity contribution in [1.82, 2.24) is 5.32 Å². The number of fused-ring (bicyclic) bond motifs is 1. The smallest absolute Gasteiger partial charge is 0.0757 e. The fourth-order valence-electron chi connectivity index (χ4n) is 4.27. The highest BCUT2D eigenvalue weighted by atomic mass is 16.5. The molecule has 3 atom stereocenters. The molecular weight excluding hydrogens is 258 g/mol. The van der Waals surface area contributed by atoms with Gasteiger partial charge in [0.2, 0.25) is 0 Å². The molecule has 4 rings (SSSR count). The third-order valence-corrected chi connectivity index (χ3v) is 5.79. The number of hydrogen-bond acceptors (Lipinski definition) is 2. The Morgan fingerprint density at radius 2 is 1.95 bits per heavy atom. The van der Waals surface area contributed by atoms with Gasteiger partial charge in [-0.2, -0.15) is 0 Å². The molecule has 0 amide bonds. The van der Waals surface area contributed by atoms with Gasteiger partial charge in [-0.05, 0) is 54.6 Å². The Morgan fingerprint density at radius 1 is 1.14 bits per heavy atom. The van der Waals surface area contributed by atoms with Crippen molar-refractivity contribution in [2.75, 3.05) is 6.61 Å². The van der Waals surface area contributed by atoms with Crippen molar-refractivity contribution in [3.63, 3.8) is 0 Å². The molecule has 3 aliphatic rings. The van der Waals surface area contributed by atoms with E-state index in [2.05, 4.69) is 43.4 Å². The van der Waals surface area contributed by atoms with Crippen LogP contribution < -0.4 is 5.32 Å². The summed E-state index contributed by atoms with van der Waals surface area (Å²) in [4.78, 5) is 0. The van der Waals surface area contributed by atoms with Gasteiger partial charge in [0, 0.05) is 18.7 Å². The van der Waals surface area contributed by atoms with Crippen molar-refractivity contribution >= 4 is 0 Å². The molecule has 3 unspecified atom stereocenters. The number of rotatable bonds is 3. The lowest BCUT2D eigenvalue weighted by Gasteiger charge is -2.42. The van der Waals surface area contributed by atoms with Gasteiger partial charge in [-0.15, -0.1) is 0 Å².